The monoisotopic (exact) mass is 479 g/mol. The van der Waals surface area contributed by atoms with Crippen LogP contribution < -0.4 is 4.74 Å². The van der Waals surface area contributed by atoms with Crippen molar-refractivity contribution in [3.8, 4) is 16.9 Å². The van der Waals surface area contributed by atoms with E-state index in [-0.39, 0.29) is 5.78 Å². The highest BCUT2D eigenvalue weighted by molar-refractivity contribution is 6.08. The van der Waals surface area contributed by atoms with Crippen molar-refractivity contribution in [1.29, 1.82) is 0 Å². The van der Waals surface area contributed by atoms with Gasteiger partial charge in [0.2, 0.25) is 5.78 Å². The smallest absolute Gasteiger partial charge is 0.344 e. The zero-order chi connectivity index (χ0) is 25.5. The average molecular weight is 480 g/mol. The summed E-state index contributed by atoms with van der Waals surface area (Å²) in [5.74, 6) is -0.547. The fourth-order valence-corrected chi connectivity index (χ4v) is 3.92. The normalized spacial score (nSPS) is 11.9. The maximum atomic E-state index is 13.2. The second-order valence-corrected chi connectivity index (χ2v) is 8.58. The Morgan fingerprint density at radius 3 is 2.31 bits per heavy atom. The van der Waals surface area contributed by atoms with Gasteiger partial charge in [0, 0.05) is 18.3 Å². The lowest BCUT2D eigenvalue weighted by molar-refractivity contribution is -0.144. The summed E-state index contributed by atoms with van der Waals surface area (Å²) in [4.78, 5) is 24.2. The third-order valence-electron chi connectivity index (χ3n) is 6.04. The van der Waals surface area contributed by atoms with E-state index >= 15 is 0 Å². The Morgan fingerprint density at radius 2 is 1.64 bits per heavy atom. The SMILES string of the molecule is CCc1ccc(-c2ccc(C(=O)c3cccn3CC=Cc3cccc(OC(C)C(=O)O)c3)cc2)cc1. The van der Waals surface area contributed by atoms with E-state index in [1.165, 1.54) is 12.5 Å². The number of ketones is 1. The minimum Gasteiger partial charge on any atom is -0.479 e. The van der Waals surface area contributed by atoms with E-state index in [1.807, 2.05) is 71.4 Å². The van der Waals surface area contributed by atoms with Gasteiger partial charge >= 0.3 is 5.97 Å². The van der Waals surface area contributed by atoms with E-state index in [9.17, 15) is 9.59 Å². The van der Waals surface area contributed by atoms with Gasteiger partial charge in [0.15, 0.2) is 6.10 Å². The van der Waals surface area contributed by atoms with Crippen LogP contribution in [0.5, 0.6) is 5.75 Å². The van der Waals surface area contributed by atoms with Crippen molar-refractivity contribution in [2.45, 2.75) is 32.9 Å². The summed E-state index contributed by atoms with van der Waals surface area (Å²) in [6.07, 6.45) is 5.85. The average Bonchev–Trinajstić information content (AvgIpc) is 3.37. The predicted molar refractivity (Wildman–Crippen MR) is 142 cm³/mol. The van der Waals surface area contributed by atoms with Gasteiger partial charge in [-0.15, -0.1) is 0 Å². The van der Waals surface area contributed by atoms with Crippen molar-refractivity contribution < 1.29 is 19.4 Å². The van der Waals surface area contributed by atoms with Gasteiger partial charge in [0.25, 0.3) is 0 Å². The van der Waals surface area contributed by atoms with Gasteiger partial charge in [0.05, 0.1) is 5.69 Å². The number of aromatic nitrogens is 1. The molecule has 36 heavy (non-hydrogen) atoms. The number of benzene rings is 3. The van der Waals surface area contributed by atoms with Gasteiger partial charge in [-0.2, -0.15) is 0 Å². The molecule has 0 fully saturated rings. The predicted octanol–water partition coefficient (Wildman–Crippen LogP) is 6.51. The molecule has 182 valence electrons. The standard InChI is InChI=1S/C31H29NO4/c1-3-23-11-13-25(14-12-23)26-15-17-27(18-16-26)30(33)29-10-6-20-32(29)19-5-8-24-7-4-9-28(21-24)36-22(2)31(34)35/h4-18,20-22H,3,19H2,1-2H3,(H,34,35). The second-order valence-electron chi connectivity index (χ2n) is 8.58. The van der Waals surface area contributed by atoms with E-state index in [1.54, 1.807) is 12.1 Å². The Labute approximate surface area is 211 Å². The number of allylic oxidation sites excluding steroid dienone is 1. The fourth-order valence-electron chi connectivity index (χ4n) is 3.92. The van der Waals surface area contributed by atoms with Crippen LogP contribution in [0.25, 0.3) is 17.2 Å². The summed E-state index contributed by atoms with van der Waals surface area (Å²) >= 11 is 0. The van der Waals surface area contributed by atoms with E-state index in [0.29, 0.717) is 23.6 Å². The number of carbonyl (C=O) groups is 2. The van der Waals surface area contributed by atoms with Crippen molar-refractivity contribution in [2.24, 2.45) is 0 Å². The zero-order valence-electron chi connectivity index (χ0n) is 20.4. The second kappa shape index (κ2) is 11.4. The first kappa shape index (κ1) is 24.7. The topological polar surface area (TPSA) is 68.5 Å². The van der Waals surface area contributed by atoms with Crippen LogP contribution in [0.3, 0.4) is 0 Å². The molecule has 0 amide bonds. The number of carbonyl (C=O) groups excluding carboxylic acids is 1. The number of aliphatic carboxylic acids is 1. The van der Waals surface area contributed by atoms with Gasteiger partial charge in [-0.25, -0.2) is 4.79 Å². The largest absolute Gasteiger partial charge is 0.479 e. The van der Waals surface area contributed by atoms with Crippen LogP contribution in [0, 0.1) is 0 Å². The number of rotatable bonds is 10. The molecule has 1 atom stereocenters. The molecule has 0 saturated carbocycles. The summed E-state index contributed by atoms with van der Waals surface area (Å²) in [6, 6.07) is 27.2. The molecule has 1 heterocycles. The summed E-state index contributed by atoms with van der Waals surface area (Å²) in [6.45, 7) is 4.15. The zero-order valence-corrected chi connectivity index (χ0v) is 20.4. The number of ether oxygens (including phenoxy) is 1. The van der Waals surface area contributed by atoms with E-state index in [4.69, 9.17) is 9.84 Å². The van der Waals surface area contributed by atoms with Crippen molar-refractivity contribution in [3.63, 3.8) is 0 Å². The van der Waals surface area contributed by atoms with Crippen LogP contribution in [0.15, 0.2) is 97.2 Å². The summed E-state index contributed by atoms with van der Waals surface area (Å²) in [5.41, 5.74) is 5.65. The molecule has 0 aliphatic heterocycles. The molecule has 3 aromatic carbocycles. The third-order valence-corrected chi connectivity index (χ3v) is 6.04. The molecule has 5 heteroatoms. The van der Waals surface area contributed by atoms with Crippen molar-refractivity contribution in [3.05, 3.63) is 120 Å². The van der Waals surface area contributed by atoms with Gasteiger partial charge in [-0.3, -0.25) is 4.79 Å². The molecule has 0 spiro atoms. The van der Waals surface area contributed by atoms with E-state index in [2.05, 4.69) is 31.2 Å². The molecule has 4 rings (SSSR count). The maximum absolute atomic E-state index is 13.2. The number of carboxylic acid groups (broad SMARTS) is 1. The number of hydrogen-bond acceptors (Lipinski definition) is 3. The van der Waals surface area contributed by atoms with Crippen molar-refractivity contribution in [1.82, 2.24) is 4.57 Å². The molecule has 5 nitrogen and oxygen atoms in total. The lowest BCUT2D eigenvalue weighted by atomic mass is 10.00. The molecule has 0 bridgehead atoms. The Hall–Kier alpha value is -4.38. The highest BCUT2D eigenvalue weighted by Crippen LogP contribution is 2.22. The molecule has 1 aromatic heterocycles. The molecular formula is C31H29NO4. The quantitative estimate of drug-likeness (QED) is 0.263. The molecule has 0 aliphatic rings. The Kier molecular flexibility index (Phi) is 7.81. The van der Waals surface area contributed by atoms with Gasteiger partial charge in [-0.1, -0.05) is 79.7 Å². The van der Waals surface area contributed by atoms with E-state index < -0.39 is 12.1 Å². The van der Waals surface area contributed by atoms with Crippen LogP contribution in [0.4, 0.5) is 0 Å². The molecule has 0 radical (unpaired) electrons. The maximum Gasteiger partial charge on any atom is 0.344 e. The number of carboxylic acids is 1. The van der Waals surface area contributed by atoms with Crippen LogP contribution >= 0.6 is 0 Å². The minimum atomic E-state index is -1.01. The Bertz CT molecular complexity index is 1360. The molecule has 4 aromatic rings. The van der Waals surface area contributed by atoms with Crippen LogP contribution in [-0.2, 0) is 17.8 Å². The lowest BCUT2D eigenvalue weighted by Gasteiger charge is -2.10. The summed E-state index contributed by atoms with van der Waals surface area (Å²) in [7, 11) is 0. The van der Waals surface area contributed by atoms with E-state index in [0.717, 1.165) is 23.1 Å². The highest BCUT2D eigenvalue weighted by atomic mass is 16.5. The number of nitrogens with zero attached hydrogens (tertiary/aromatic N) is 1. The Morgan fingerprint density at radius 1 is 0.944 bits per heavy atom. The molecule has 0 saturated heterocycles. The van der Waals surface area contributed by atoms with Crippen molar-refractivity contribution in [2.75, 3.05) is 0 Å². The minimum absolute atomic E-state index is 0.0284. The first-order chi connectivity index (χ1) is 17.4. The van der Waals surface area contributed by atoms with Crippen LogP contribution in [0.1, 0.15) is 41.0 Å². The number of hydrogen-bond donors (Lipinski definition) is 1. The van der Waals surface area contributed by atoms with Gasteiger partial charge in [0.1, 0.15) is 5.75 Å². The summed E-state index contributed by atoms with van der Waals surface area (Å²) < 4.78 is 7.34. The van der Waals surface area contributed by atoms with Gasteiger partial charge < -0.3 is 14.4 Å². The third kappa shape index (κ3) is 5.99. The van der Waals surface area contributed by atoms with Crippen LogP contribution in [-0.4, -0.2) is 27.5 Å². The van der Waals surface area contributed by atoms with Crippen LogP contribution in [0.2, 0.25) is 0 Å². The molecular weight excluding hydrogens is 450 g/mol. The van der Waals surface area contributed by atoms with Crippen molar-refractivity contribution >= 4 is 17.8 Å². The molecule has 1 N–H and O–H groups in total. The highest BCUT2D eigenvalue weighted by Gasteiger charge is 2.14. The first-order valence-corrected chi connectivity index (χ1v) is 12.0. The summed E-state index contributed by atoms with van der Waals surface area (Å²) in [5, 5.41) is 9.03. The molecule has 1 unspecified atom stereocenters. The number of aryl methyl sites for hydroxylation is 1. The molecule has 0 aliphatic carbocycles. The fraction of sp³-hybridized carbons (Fsp3) is 0.161. The van der Waals surface area contributed by atoms with Gasteiger partial charge in [-0.05, 0) is 59.9 Å². The first-order valence-electron chi connectivity index (χ1n) is 12.0. The Balaban J connectivity index is 1.43. The lowest BCUT2D eigenvalue weighted by Crippen LogP contribution is -2.22.